The molecule has 4 rings (SSSR count). The molecule has 24 heteroatoms. The number of fused-ring (bicyclic) bond motifs is 1. The fourth-order valence-corrected chi connectivity index (χ4v) is 4.10. The first-order valence-electron chi connectivity index (χ1n) is 9.73. The van der Waals surface area contributed by atoms with E-state index in [9.17, 15) is 32.8 Å². The number of phenols is 2. The van der Waals surface area contributed by atoms with Crippen molar-refractivity contribution in [3.63, 3.8) is 0 Å². The summed E-state index contributed by atoms with van der Waals surface area (Å²) in [5, 5.41) is 76.1. The number of benzene rings is 2. The van der Waals surface area contributed by atoms with Crippen LogP contribution in [-0.4, -0.2) is 81.0 Å². The first-order valence-corrected chi connectivity index (χ1v) is 11.9. The Morgan fingerprint density at radius 1 is 0.875 bits per heavy atom. The third-order valence-corrected chi connectivity index (χ3v) is 6.00. The molecule has 0 aliphatic rings. The molecule has 0 unspecified atom stereocenters. The largest absolute Gasteiger partial charge is 0.505 e. The minimum absolute atomic E-state index is 0.225. The average Bonchev–Trinajstić information content (AvgIpc) is 3.56. The van der Waals surface area contributed by atoms with Gasteiger partial charge in [-0.15, -0.1) is 35.0 Å². The Bertz CT molecular complexity index is 1820. The van der Waals surface area contributed by atoms with Gasteiger partial charge in [0.2, 0.25) is 11.6 Å². The van der Waals surface area contributed by atoms with Crippen LogP contribution in [0, 0.1) is 0 Å². The summed E-state index contributed by atoms with van der Waals surface area (Å²) in [6.07, 6.45) is 0. The Hall–Kier alpha value is -5.14. The molecule has 2 aromatic heterocycles. The molecule has 0 amide bonds. The smallest absolute Gasteiger partial charge is 0.373 e. The molecule has 208 valence electrons. The number of phenolic OH excluding ortho intramolecular Hbond substituents is 2. The molecule has 2 heterocycles. The number of aromatic hydroxyl groups is 2. The number of hydrogen-bond donors (Lipinski definition) is 8. The molecule has 0 radical (unpaired) electrons. The fraction of sp³-hybridized carbons (Fsp3) is 0. The van der Waals surface area contributed by atoms with Crippen molar-refractivity contribution in [2.75, 3.05) is 0 Å². The SMILES string of the molecule is O=C(O)c1nc(N=Nc2c(SOOO)cc3cc(S(=O)(=O)O)c(N=Nc4n[nH]c(C(=O)O)n4)c(O)c3c2O)n[nH]1. The third kappa shape index (κ3) is 5.65. The van der Waals surface area contributed by atoms with Gasteiger partial charge in [-0.1, -0.05) is 5.04 Å². The molecular weight excluding hydrogens is 588 g/mol. The number of carboxylic acid groups (broad SMARTS) is 2. The highest BCUT2D eigenvalue weighted by atomic mass is 32.2. The van der Waals surface area contributed by atoms with Crippen molar-refractivity contribution in [3.8, 4) is 11.5 Å². The van der Waals surface area contributed by atoms with Crippen molar-refractivity contribution in [2.45, 2.75) is 9.79 Å². The van der Waals surface area contributed by atoms with E-state index in [-0.39, 0.29) is 22.3 Å². The monoisotopic (exact) mass is 598 g/mol. The summed E-state index contributed by atoms with van der Waals surface area (Å²) in [6.45, 7) is 0. The number of nitrogens with zero attached hydrogens (tertiary/aromatic N) is 8. The predicted octanol–water partition coefficient (Wildman–Crippen LogP) is 2.39. The summed E-state index contributed by atoms with van der Waals surface area (Å²) in [4.78, 5) is 27.6. The lowest BCUT2D eigenvalue weighted by Gasteiger charge is -2.13. The molecule has 0 atom stereocenters. The number of rotatable bonds is 10. The summed E-state index contributed by atoms with van der Waals surface area (Å²) in [5.74, 6) is -7.26. The Balaban J connectivity index is 1.92. The van der Waals surface area contributed by atoms with E-state index < -0.39 is 78.8 Å². The lowest BCUT2D eigenvalue weighted by Crippen LogP contribution is -1.99. The van der Waals surface area contributed by atoms with E-state index in [1.165, 1.54) is 0 Å². The van der Waals surface area contributed by atoms with Crippen LogP contribution in [0.25, 0.3) is 10.8 Å². The van der Waals surface area contributed by atoms with Crippen LogP contribution in [-0.2, 0) is 19.5 Å². The quantitative estimate of drug-likeness (QED) is 0.0426. The molecule has 0 spiro atoms. The second kappa shape index (κ2) is 10.9. The second-order valence-corrected chi connectivity index (χ2v) is 9.05. The van der Waals surface area contributed by atoms with Crippen molar-refractivity contribution < 1.29 is 57.6 Å². The van der Waals surface area contributed by atoms with E-state index >= 15 is 0 Å². The van der Waals surface area contributed by atoms with Gasteiger partial charge >= 0.3 is 11.9 Å². The molecule has 0 aliphatic heterocycles. The summed E-state index contributed by atoms with van der Waals surface area (Å²) in [6, 6.07) is 1.82. The van der Waals surface area contributed by atoms with E-state index in [1.807, 2.05) is 5.10 Å². The molecule has 40 heavy (non-hydrogen) atoms. The van der Waals surface area contributed by atoms with Crippen LogP contribution in [0.2, 0.25) is 0 Å². The molecule has 22 nitrogen and oxygen atoms in total. The number of aromatic nitrogens is 6. The van der Waals surface area contributed by atoms with Crippen LogP contribution in [0.3, 0.4) is 0 Å². The van der Waals surface area contributed by atoms with Gasteiger partial charge in [0.25, 0.3) is 22.0 Å². The number of azo groups is 2. The first kappa shape index (κ1) is 27.9. The number of hydrogen-bond acceptors (Lipinski definition) is 18. The highest BCUT2D eigenvalue weighted by molar-refractivity contribution is 7.94. The van der Waals surface area contributed by atoms with Gasteiger partial charge in [0.15, 0.2) is 11.5 Å². The van der Waals surface area contributed by atoms with Gasteiger partial charge in [-0.3, -0.25) is 14.8 Å². The van der Waals surface area contributed by atoms with Gasteiger partial charge in [-0.25, -0.2) is 14.8 Å². The van der Waals surface area contributed by atoms with Crippen LogP contribution in [0.4, 0.5) is 23.3 Å². The minimum Gasteiger partial charge on any atom is -0.505 e. The number of H-pyrrole nitrogens is 2. The van der Waals surface area contributed by atoms with Crippen LogP contribution < -0.4 is 0 Å². The van der Waals surface area contributed by atoms with Crippen LogP contribution >= 0.6 is 12.0 Å². The lowest BCUT2D eigenvalue weighted by molar-refractivity contribution is -0.432. The Kier molecular flexibility index (Phi) is 7.61. The van der Waals surface area contributed by atoms with Gasteiger partial charge in [-0.2, -0.15) is 18.4 Å². The van der Waals surface area contributed by atoms with Crippen molar-refractivity contribution in [3.05, 3.63) is 23.8 Å². The van der Waals surface area contributed by atoms with Crippen LogP contribution in [0.5, 0.6) is 11.5 Å². The van der Waals surface area contributed by atoms with Gasteiger partial charge in [-0.05, 0) is 17.5 Å². The van der Waals surface area contributed by atoms with Gasteiger partial charge in [0, 0.05) is 0 Å². The first-order chi connectivity index (χ1) is 18.9. The molecule has 8 N–H and O–H groups in total. The molecular formula is C16H10N10O12S2. The third-order valence-electron chi connectivity index (χ3n) is 4.51. The molecule has 2 aromatic carbocycles. The van der Waals surface area contributed by atoms with E-state index in [4.69, 9.17) is 15.5 Å². The van der Waals surface area contributed by atoms with Gasteiger partial charge in [0.05, 0.1) is 22.3 Å². The maximum Gasteiger partial charge on any atom is 0.373 e. The lowest BCUT2D eigenvalue weighted by atomic mass is 10.1. The number of nitrogens with one attached hydrogen (secondary N) is 2. The summed E-state index contributed by atoms with van der Waals surface area (Å²) in [5.41, 5.74) is -1.45. The number of carboxylic acids is 2. The summed E-state index contributed by atoms with van der Waals surface area (Å²) >= 11 is 0.225. The number of aromatic carboxylic acids is 2. The van der Waals surface area contributed by atoms with E-state index in [2.05, 4.69) is 55.1 Å². The average molecular weight is 598 g/mol. The highest BCUT2D eigenvalue weighted by Crippen LogP contribution is 2.51. The van der Waals surface area contributed by atoms with E-state index in [1.54, 1.807) is 0 Å². The van der Waals surface area contributed by atoms with Crippen molar-refractivity contribution in [1.29, 1.82) is 0 Å². The predicted molar refractivity (Wildman–Crippen MR) is 123 cm³/mol. The second-order valence-electron chi connectivity index (χ2n) is 6.92. The van der Waals surface area contributed by atoms with Crippen molar-refractivity contribution in [2.24, 2.45) is 20.5 Å². The van der Waals surface area contributed by atoms with Crippen LogP contribution in [0.1, 0.15) is 21.2 Å². The minimum atomic E-state index is -5.11. The zero-order valence-corrected chi connectivity index (χ0v) is 20.3. The zero-order valence-electron chi connectivity index (χ0n) is 18.7. The highest BCUT2D eigenvalue weighted by Gasteiger charge is 2.27. The summed E-state index contributed by atoms with van der Waals surface area (Å²) in [7, 11) is -5.11. The molecule has 4 aromatic rings. The maximum absolute atomic E-state index is 12.1. The van der Waals surface area contributed by atoms with Gasteiger partial charge < -0.3 is 20.4 Å². The normalized spacial score (nSPS) is 12.2. The molecule has 0 bridgehead atoms. The molecule has 0 saturated heterocycles. The van der Waals surface area contributed by atoms with Gasteiger partial charge in [0.1, 0.15) is 16.3 Å². The Morgan fingerprint density at radius 2 is 1.40 bits per heavy atom. The van der Waals surface area contributed by atoms with Crippen molar-refractivity contribution in [1.82, 2.24) is 30.4 Å². The number of aromatic amines is 2. The van der Waals surface area contributed by atoms with Crippen LogP contribution in [0.15, 0.2) is 42.4 Å². The number of carbonyl (C=O) groups is 2. The standard InChI is InChI=1S/C16H10N10O12S2/c27-9-6-3(1-4(39-38-37-33)7(9)19-23-15-17-11(13(29)30)21-25-15)2-5(40(34,35)36)8(10(6)28)20-24-16-18-12(14(31)32)22-26-16/h1-2,27-28,33H,(H,29,30)(H,31,32)(H,17,21,25)(H,18,22,26)(H,34,35,36). The molecule has 0 fully saturated rings. The van der Waals surface area contributed by atoms with Crippen molar-refractivity contribution >= 4 is 68.1 Å². The van der Waals surface area contributed by atoms with E-state index in [0.717, 1.165) is 12.1 Å². The maximum atomic E-state index is 12.1. The fourth-order valence-electron chi connectivity index (χ4n) is 2.94. The molecule has 0 aliphatic carbocycles. The molecule has 0 saturated carbocycles. The Morgan fingerprint density at radius 3 is 1.88 bits per heavy atom. The Labute approximate surface area is 221 Å². The summed E-state index contributed by atoms with van der Waals surface area (Å²) < 4.78 is 38.2. The van der Waals surface area contributed by atoms with E-state index in [0.29, 0.717) is 0 Å². The topological polar surface area (TPSA) is 341 Å². The zero-order chi connectivity index (χ0) is 29.2.